The van der Waals surface area contributed by atoms with Gasteiger partial charge in [0.25, 0.3) is 5.69 Å². The van der Waals surface area contributed by atoms with E-state index in [4.69, 9.17) is 0 Å². The molecule has 1 amide bonds. The number of non-ortho nitro benzene ring substituents is 1. The first kappa shape index (κ1) is 16.8. The second-order valence-corrected chi connectivity index (χ2v) is 6.05. The van der Waals surface area contributed by atoms with E-state index in [1.807, 2.05) is 6.92 Å². The minimum Gasteiger partial charge on any atom is -0.371 e. The van der Waals surface area contributed by atoms with Crippen molar-refractivity contribution in [2.75, 3.05) is 23.3 Å². The molecular formula is C17H19N5O3. The summed E-state index contributed by atoms with van der Waals surface area (Å²) >= 11 is 0. The van der Waals surface area contributed by atoms with Gasteiger partial charge in [0.2, 0.25) is 11.9 Å². The number of hydrogen-bond donors (Lipinski definition) is 1. The predicted molar refractivity (Wildman–Crippen MR) is 93.4 cm³/mol. The summed E-state index contributed by atoms with van der Waals surface area (Å²) in [6.45, 7) is 3.33. The van der Waals surface area contributed by atoms with Gasteiger partial charge in [-0.2, -0.15) is 0 Å². The predicted octanol–water partition coefficient (Wildman–Crippen LogP) is 2.55. The van der Waals surface area contributed by atoms with E-state index in [0.717, 1.165) is 37.2 Å². The molecule has 1 saturated heterocycles. The molecule has 3 rings (SSSR count). The third-order valence-electron chi connectivity index (χ3n) is 4.40. The first-order valence-corrected chi connectivity index (χ1v) is 8.12. The van der Waals surface area contributed by atoms with Crippen molar-refractivity contribution < 1.29 is 9.72 Å². The van der Waals surface area contributed by atoms with E-state index in [2.05, 4.69) is 20.2 Å². The van der Waals surface area contributed by atoms with E-state index in [0.29, 0.717) is 5.95 Å². The van der Waals surface area contributed by atoms with Crippen molar-refractivity contribution >= 4 is 23.2 Å². The van der Waals surface area contributed by atoms with Crippen LogP contribution in [0.25, 0.3) is 0 Å². The average molecular weight is 341 g/mol. The van der Waals surface area contributed by atoms with Crippen LogP contribution in [0.3, 0.4) is 0 Å². The number of carbonyl (C=O) groups excluding carboxylic acids is 1. The summed E-state index contributed by atoms with van der Waals surface area (Å²) in [7, 11) is 0. The molecule has 0 aliphatic carbocycles. The highest BCUT2D eigenvalue weighted by atomic mass is 16.6. The third kappa shape index (κ3) is 3.90. The Morgan fingerprint density at radius 3 is 2.56 bits per heavy atom. The largest absolute Gasteiger partial charge is 0.371 e. The Morgan fingerprint density at radius 2 is 1.96 bits per heavy atom. The van der Waals surface area contributed by atoms with E-state index in [1.165, 1.54) is 6.07 Å². The molecule has 0 bridgehead atoms. The molecule has 25 heavy (non-hydrogen) atoms. The number of nitrogens with one attached hydrogen (secondary N) is 1. The van der Waals surface area contributed by atoms with Gasteiger partial charge in [-0.25, -0.2) is 9.97 Å². The first-order valence-electron chi connectivity index (χ1n) is 8.12. The molecule has 1 aromatic carbocycles. The number of anilines is 2. The third-order valence-corrected chi connectivity index (χ3v) is 4.40. The van der Waals surface area contributed by atoms with Crippen LogP contribution in [-0.2, 0) is 4.79 Å². The highest BCUT2D eigenvalue weighted by Crippen LogP contribution is 2.29. The molecule has 0 spiro atoms. The number of nitro benzene ring substituents is 1. The molecule has 0 unspecified atom stereocenters. The summed E-state index contributed by atoms with van der Waals surface area (Å²) in [5, 5.41) is 13.6. The van der Waals surface area contributed by atoms with Crippen LogP contribution < -0.4 is 10.2 Å². The molecule has 1 aliphatic rings. The molecular weight excluding hydrogens is 322 g/mol. The van der Waals surface area contributed by atoms with Crippen molar-refractivity contribution in [3.63, 3.8) is 0 Å². The minimum atomic E-state index is -0.390. The highest BCUT2D eigenvalue weighted by molar-refractivity contribution is 5.91. The lowest BCUT2D eigenvalue weighted by Gasteiger charge is -2.33. The Labute approximate surface area is 145 Å². The minimum absolute atomic E-state index is 0.0636. The van der Waals surface area contributed by atoms with Crippen LogP contribution in [0.2, 0.25) is 0 Å². The van der Waals surface area contributed by atoms with Gasteiger partial charge in [-0.3, -0.25) is 20.2 Å². The number of amides is 1. The molecule has 1 aromatic heterocycles. The topological polar surface area (TPSA) is 101 Å². The van der Waals surface area contributed by atoms with E-state index in [9.17, 15) is 14.9 Å². The lowest BCUT2D eigenvalue weighted by molar-refractivity contribution is -0.384. The monoisotopic (exact) mass is 341 g/mol. The van der Waals surface area contributed by atoms with Crippen molar-refractivity contribution in [2.24, 2.45) is 5.92 Å². The van der Waals surface area contributed by atoms with E-state index in [1.54, 1.807) is 30.6 Å². The summed E-state index contributed by atoms with van der Waals surface area (Å²) in [4.78, 5) is 32.9. The Hall–Kier alpha value is -3.03. The van der Waals surface area contributed by atoms with E-state index >= 15 is 0 Å². The van der Waals surface area contributed by atoms with Crippen LogP contribution in [0.5, 0.6) is 0 Å². The standard InChI is InChI=1S/C17H19N5O3/c1-12-11-14(22(24)25)3-4-15(12)21-9-5-13(6-10-21)16(23)20-17-18-7-2-8-19-17/h2-4,7-8,11,13H,5-6,9-10H2,1H3,(H,18,19,20,23). The highest BCUT2D eigenvalue weighted by Gasteiger charge is 2.26. The first-order chi connectivity index (χ1) is 12.0. The number of piperidine rings is 1. The van der Waals surface area contributed by atoms with E-state index in [-0.39, 0.29) is 22.4 Å². The van der Waals surface area contributed by atoms with Crippen molar-refractivity contribution in [3.8, 4) is 0 Å². The zero-order valence-corrected chi connectivity index (χ0v) is 13.9. The SMILES string of the molecule is Cc1cc([N+](=O)[O-])ccc1N1CCC(C(=O)Nc2ncccn2)CC1. The fraction of sp³-hybridized carbons (Fsp3) is 0.353. The Morgan fingerprint density at radius 1 is 1.28 bits per heavy atom. The van der Waals surface area contributed by atoms with Gasteiger partial charge in [-0.1, -0.05) is 0 Å². The summed E-state index contributed by atoms with van der Waals surface area (Å²) in [5.74, 6) is 0.172. The molecule has 1 fully saturated rings. The Bertz CT molecular complexity index is 773. The molecule has 8 nitrogen and oxygen atoms in total. The van der Waals surface area contributed by atoms with Crippen LogP contribution in [0, 0.1) is 23.0 Å². The van der Waals surface area contributed by atoms with Crippen LogP contribution in [0.15, 0.2) is 36.7 Å². The molecule has 2 heterocycles. The van der Waals surface area contributed by atoms with Crippen LogP contribution in [0.4, 0.5) is 17.3 Å². The quantitative estimate of drug-likeness (QED) is 0.677. The molecule has 0 atom stereocenters. The van der Waals surface area contributed by atoms with Crippen molar-refractivity contribution in [1.82, 2.24) is 9.97 Å². The molecule has 8 heteroatoms. The Balaban J connectivity index is 1.60. The van der Waals surface area contributed by atoms with Crippen LogP contribution in [0.1, 0.15) is 18.4 Å². The molecule has 130 valence electrons. The fourth-order valence-electron chi connectivity index (χ4n) is 3.07. The van der Waals surface area contributed by atoms with Gasteiger partial charge in [0.05, 0.1) is 4.92 Å². The second-order valence-electron chi connectivity index (χ2n) is 6.05. The van der Waals surface area contributed by atoms with Gasteiger partial charge >= 0.3 is 0 Å². The maximum absolute atomic E-state index is 12.3. The van der Waals surface area contributed by atoms with Crippen molar-refractivity contribution in [1.29, 1.82) is 0 Å². The summed E-state index contributed by atoms with van der Waals surface area (Å²) in [5.41, 5.74) is 1.95. The Kier molecular flexibility index (Phi) is 4.87. The maximum Gasteiger partial charge on any atom is 0.269 e. The molecule has 0 saturated carbocycles. The molecule has 1 aliphatic heterocycles. The summed E-state index contributed by atoms with van der Waals surface area (Å²) in [6, 6.07) is 6.58. The second kappa shape index (κ2) is 7.25. The number of nitrogens with zero attached hydrogens (tertiary/aromatic N) is 4. The van der Waals surface area contributed by atoms with Crippen LogP contribution >= 0.6 is 0 Å². The molecule has 0 radical (unpaired) electrons. The average Bonchev–Trinajstić information content (AvgIpc) is 2.62. The zero-order chi connectivity index (χ0) is 17.8. The zero-order valence-electron chi connectivity index (χ0n) is 13.9. The lowest BCUT2D eigenvalue weighted by Crippen LogP contribution is -2.38. The van der Waals surface area contributed by atoms with Gasteiger partial charge in [0.1, 0.15) is 0 Å². The smallest absolute Gasteiger partial charge is 0.269 e. The molecule has 2 aromatic rings. The number of carbonyl (C=O) groups is 1. The summed E-state index contributed by atoms with van der Waals surface area (Å²) in [6.07, 6.45) is 4.61. The van der Waals surface area contributed by atoms with Crippen molar-refractivity contribution in [3.05, 3.63) is 52.3 Å². The molecule has 1 N–H and O–H groups in total. The van der Waals surface area contributed by atoms with Gasteiger partial charge in [0, 0.05) is 49.2 Å². The van der Waals surface area contributed by atoms with Gasteiger partial charge in [-0.15, -0.1) is 0 Å². The van der Waals surface area contributed by atoms with Gasteiger partial charge in [0.15, 0.2) is 0 Å². The van der Waals surface area contributed by atoms with Crippen LogP contribution in [-0.4, -0.2) is 33.9 Å². The maximum atomic E-state index is 12.3. The van der Waals surface area contributed by atoms with Crippen molar-refractivity contribution in [2.45, 2.75) is 19.8 Å². The number of nitro groups is 1. The number of aromatic nitrogens is 2. The fourth-order valence-corrected chi connectivity index (χ4v) is 3.07. The van der Waals surface area contributed by atoms with E-state index < -0.39 is 0 Å². The number of rotatable bonds is 4. The van der Waals surface area contributed by atoms with Gasteiger partial charge in [-0.05, 0) is 37.5 Å². The summed E-state index contributed by atoms with van der Waals surface area (Å²) < 4.78 is 0. The number of benzene rings is 1. The number of hydrogen-bond acceptors (Lipinski definition) is 6. The lowest BCUT2D eigenvalue weighted by atomic mass is 9.95. The van der Waals surface area contributed by atoms with Gasteiger partial charge < -0.3 is 4.90 Å². The normalized spacial score (nSPS) is 15.0. The number of aryl methyl sites for hydroxylation is 1.